The molecule has 0 spiro atoms. The predicted octanol–water partition coefficient (Wildman–Crippen LogP) is 2.52. The summed E-state index contributed by atoms with van der Waals surface area (Å²) in [6.45, 7) is 0. The third-order valence-corrected chi connectivity index (χ3v) is 2.06. The quantitative estimate of drug-likeness (QED) is 0.808. The molecule has 76 valence electrons. The molecule has 15 heavy (non-hydrogen) atoms. The van der Waals surface area contributed by atoms with Gasteiger partial charge in [0.2, 0.25) is 0 Å². The van der Waals surface area contributed by atoms with E-state index in [0.717, 1.165) is 0 Å². The van der Waals surface area contributed by atoms with Gasteiger partial charge in [-0.15, -0.1) is 10.2 Å². The van der Waals surface area contributed by atoms with E-state index in [9.17, 15) is 4.39 Å². The zero-order valence-corrected chi connectivity index (χ0v) is 8.37. The molecule has 3 nitrogen and oxygen atoms in total. The Morgan fingerprint density at radius 3 is 2.53 bits per heavy atom. The second-order valence-electron chi connectivity index (χ2n) is 3.00. The lowest BCUT2D eigenvalue weighted by molar-refractivity contribution is 0.628. The maximum atomic E-state index is 13.0. The van der Waals surface area contributed by atoms with Gasteiger partial charge in [0.25, 0.3) is 0 Å². The number of halogens is 2. The highest BCUT2D eigenvalue weighted by Crippen LogP contribution is 2.22. The predicted molar refractivity (Wildman–Crippen MR) is 56.8 cm³/mol. The minimum absolute atomic E-state index is 0.321. The van der Waals surface area contributed by atoms with Crippen LogP contribution in [-0.4, -0.2) is 10.2 Å². The molecular formula is C10H7ClFN3. The van der Waals surface area contributed by atoms with Crippen molar-refractivity contribution in [3.63, 3.8) is 0 Å². The minimum atomic E-state index is -0.406. The Balaban J connectivity index is 2.49. The molecule has 0 saturated carbocycles. The van der Waals surface area contributed by atoms with E-state index in [-0.39, 0.29) is 0 Å². The van der Waals surface area contributed by atoms with Crippen molar-refractivity contribution in [1.29, 1.82) is 0 Å². The highest BCUT2D eigenvalue weighted by Gasteiger charge is 2.03. The van der Waals surface area contributed by atoms with Crippen LogP contribution < -0.4 is 5.73 Å². The summed E-state index contributed by atoms with van der Waals surface area (Å²) in [5.74, 6) is -0.0858. The van der Waals surface area contributed by atoms with E-state index in [4.69, 9.17) is 17.3 Å². The summed E-state index contributed by atoms with van der Waals surface area (Å²) in [6.07, 6.45) is 0. The zero-order valence-electron chi connectivity index (χ0n) is 7.61. The van der Waals surface area contributed by atoms with E-state index in [0.29, 0.717) is 22.1 Å². The molecule has 0 saturated heterocycles. The number of nitrogens with two attached hydrogens (primary N) is 1. The van der Waals surface area contributed by atoms with Crippen molar-refractivity contribution in [2.45, 2.75) is 0 Å². The number of aromatic nitrogens is 2. The lowest BCUT2D eigenvalue weighted by Crippen LogP contribution is -1.94. The first-order valence-electron chi connectivity index (χ1n) is 4.21. The fourth-order valence-corrected chi connectivity index (χ4v) is 1.42. The van der Waals surface area contributed by atoms with Crippen LogP contribution in [0.15, 0.2) is 30.3 Å². The number of nitrogens with zero attached hydrogens (tertiary/aromatic N) is 2. The topological polar surface area (TPSA) is 51.8 Å². The molecule has 0 radical (unpaired) electrons. The van der Waals surface area contributed by atoms with Crippen LogP contribution in [0, 0.1) is 5.82 Å². The van der Waals surface area contributed by atoms with Crippen molar-refractivity contribution < 1.29 is 4.39 Å². The molecule has 0 atom stereocenters. The van der Waals surface area contributed by atoms with E-state index < -0.39 is 5.82 Å². The van der Waals surface area contributed by atoms with Crippen LogP contribution in [-0.2, 0) is 0 Å². The molecule has 2 aromatic rings. The summed E-state index contributed by atoms with van der Waals surface area (Å²) >= 11 is 5.72. The van der Waals surface area contributed by atoms with Crippen molar-refractivity contribution in [3.05, 3.63) is 41.2 Å². The summed E-state index contributed by atoms with van der Waals surface area (Å²) in [7, 11) is 0. The van der Waals surface area contributed by atoms with E-state index in [1.54, 1.807) is 18.2 Å². The number of hydrogen-bond acceptors (Lipinski definition) is 3. The number of rotatable bonds is 1. The van der Waals surface area contributed by atoms with Gasteiger partial charge in [-0.2, -0.15) is 0 Å². The summed E-state index contributed by atoms with van der Waals surface area (Å²) in [5, 5.41) is 7.83. The third kappa shape index (κ3) is 2.22. The first kappa shape index (κ1) is 9.86. The molecule has 5 heteroatoms. The average Bonchev–Trinajstić information content (AvgIpc) is 2.17. The number of hydrogen-bond donors (Lipinski definition) is 1. The fourth-order valence-electron chi connectivity index (χ4n) is 1.20. The molecule has 2 rings (SSSR count). The average molecular weight is 224 g/mol. The normalized spacial score (nSPS) is 10.3. The molecule has 0 unspecified atom stereocenters. The second-order valence-corrected chi connectivity index (χ2v) is 3.44. The highest BCUT2D eigenvalue weighted by atomic mass is 35.5. The van der Waals surface area contributed by atoms with E-state index in [1.807, 2.05) is 0 Å². The smallest absolute Gasteiger partial charge is 0.146 e. The zero-order chi connectivity index (χ0) is 10.8. The van der Waals surface area contributed by atoms with E-state index >= 15 is 0 Å². The Labute approximate surface area is 90.7 Å². The Hall–Kier alpha value is -1.68. The Bertz CT molecular complexity index is 464. The third-order valence-electron chi connectivity index (χ3n) is 1.84. The largest absolute Gasteiger partial charge is 0.382 e. The molecular weight excluding hydrogens is 217 g/mol. The van der Waals surface area contributed by atoms with Gasteiger partial charge in [-0.25, -0.2) is 4.39 Å². The van der Waals surface area contributed by atoms with Crippen LogP contribution in [0.3, 0.4) is 0 Å². The van der Waals surface area contributed by atoms with Gasteiger partial charge >= 0.3 is 0 Å². The molecule has 0 fully saturated rings. The second kappa shape index (κ2) is 3.82. The number of benzene rings is 1. The lowest BCUT2D eigenvalue weighted by atomic mass is 10.1. The van der Waals surface area contributed by atoms with Crippen LogP contribution in [0.25, 0.3) is 11.3 Å². The van der Waals surface area contributed by atoms with Crippen molar-refractivity contribution in [1.82, 2.24) is 10.2 Å². The van der Waals surface area contributed by atoms with Gasteiger partial charge in [-0.1, -0.05) is 11.6 Å². The first-order chi connectivity index (χ1) is 7.15. The molecule has 0 aliphatic heterocycles. The summed E-state index contributed by atoms with van der Waals surface area (Å²) < 4.78 is 13.0. The van der Waals surface area contributed by atoms with Crippen LogP contribution >= 0.6 is 11.6 Å². The standard InChI is InChI=1S/C10H7ClFN3/c11-7-3-6(4-8(12)5-7)9-1-2-10(13)15-14-9/h1-5H,(H2,13,15). The monoisotopic (exact) mass is 223 g/mol. The Morgan fingerprint density at radius 1 is 1.13 bits per heavy atom. The SMILES string of the molecule is Nc1ccc(-c2cc(F)cc(Cl)c2)nn1. The van der Waals surface area contributed by atoms with Crippen LogP contribution in [0.2, 0.25) is 5.02 Å². The molecule has 0 aliphatic rings. The van der Waals surface area contributed by atoms with Gasteiger partial charge < -0.3 is 5.73 Å². The van der Waals surface area contributed by atoms with Gasteiger partial charge in [0.15, 0.2) is 0 Å². The fraction of sp³-hybridized carbons (Fsp3) is 0. The Morgan fingerprint density at radius 2 is 1.93 bits per heavy atom. The molecule has 0 amide bonds. The molecule has 1 aromatic carbocycles. The van der Waals surface area contributed by atoms with Gasteiger partial charge in [-0.05, 0) is 30.3 Å². The van der Waals surface area contributed by atoms with Crippen molar-refractivity contribution >= 4 is 17.4 Å². The lowest BCUT2D eigenvalue weighted by Gasteiger charge is -2.01. The van der Waals surface area contributed by atoms with Crippen molar-refractivity contribution in [3.8, 4) is 11.3 Å². The highest BCUT2D eigenvalue weighted by molar-refractivity contribution is 6.30. The molecule has 1 aromatic heterocycles. The first-order valence-corrected chi connectivity index (χ1v) is 4.58. The maximum absolute atomic E-state index is 13.0. The van der Waals surface area contributed by atoms with Gasteiger partial charge in [0, 0.05) is 10.6 Å². The van der Waals surface area contributed by atoms with Crippen LogP contribution in [0.5, 0.6) is 0 Å². The van der Waals surface area contributed by atoms with Crippen molar-refractivity contribution in [2.24, 2.45) is 0 Å². The number of anilines is 1. The molecule has 0 aliphatic carbocycles. The van der Waals surface area contributed by atoms with Gasteiger partial charge in [0.05, 0.1) is 5.69 Å². The number of nitrogen functional groups attached to an aromatic ring is 1. The van der Waals surface area contributed by atoms with E-state index in [1.165, 1.54) is 12.1 Å². The minimum Gasteiger partial charge on any atom is -0.382 e. The summed E-state index contributed by atoms with van der Waals surface area (Å²) in [5.41, 5.74) is 6.50. The summed E-state index contributed by atoms with van der Waals surface area (Å²) in [6, 6.07) is 7.45. The Kier molecular flexibility index (Phi) is 2.51. The summed E-state index contributed by atoms with van der Waals surface area (Å²) in [4.78, 5) is 0. The molecule has 0 bridgehead atoms. The molecule has 1 heterocycles. The maximum Gasteiger partial charge on any atom is 0.146 e. The molecule has 2 N–H and O–H groups in total. The van der Waals surface area contributed by atoms with Crippen molar-refractivity contribution in [2.75, 3.05) is 5.73 Å². The van der Waals surface area contributed by atoms with Crippen LogP contribution in [0.4, 0.5) is 10.2 Å². The van der Waals surface area contributed by atoms with Gasteiger partial charge in [0.1, 0.15) is 11.6 Å². The van der Waals surface area contributed by atoms with E-state index in [2.05, 4.69) is 10.2 Å². The van der Waals surface area contributed by atoms with Crippen LogP contribution in [0.1, 0.15) is 0 Å². The van der Waals surface area contributed by atoms with Gasteiger partial charge in [-0.3, -0.25) is 0 Å².